The van der Waals surface area contributed by atoms with Gasteiger partial charge >= 0.3 is 0 Å². The lowest BCUT2D eigenvalue weighted by Crippen LogP contribution is -2.08. The topological polar surface area (TPSA) is 12.0 Å². The fourth-order valence-corrected chi connectivity index (χ4v) is 0.707. The van der Waals surface area contributed by atoms with Crippen LogP contribution in [0.15, 0.2) is 0 Å². The SMILES string of the molecule is CCCCN[SiH3]. The van der Waals surface area contributed by atoms with Crippen molar-refractivity contribution in [3.8, 4) is 0 Å². The van der Waals surface area contributed by atoms with Gasteiger partial charge in [-0.3, -0.25) is 0 Å². The van der Waals surface area contributed by atoms with E-state index in [2.05, 4.69) is 11.9 Å². The summed E-state index contributed by atoms with van der Waals surface area (Å²) in [4.78, 5) is 3.21. The largest absolute Gasteiger partial charge is 0.345 e. The van der Waals surface area contributed by atoms with Crippen molar-refractivity contribution in [2.24, 2.45) is 0 Å². The lowest BCUT2D eigenvalue weighted by Gasteiger charge is -1.89. The molecule has 0 aliphatic carbocycles. The summed E-state index contributed by atoms with van der Waals surface area (Å²) in [6, 6.07) is 0. The molecule has 0 aromatic heterocycles. The lowest BCUT2D eigenvalue weighted by atomic mass is 10.3. The van der Waals surface area contributed by atoms with Crippen molar-refractivity contribution in [1.29, 1.82) is 0 Å². The van der Waals surface area contributed by atoms with E-state index in [1.165, 1.54) is 19.4 Å². The lowest BCUT2D eigenvalue weighted by molar-refractivity contribution is 0.771. The molecule has 6 heavy (non-hydrogen) atoms. The molecule has 0 radical (unpaired) electrons. The first-order valence-corrected chi connectivity index (χ1v) is 3.56. The van der Waals surface area contributed by atoms with Gasteiger partial charge in [0.2, 0.25) is 0 Å². The third kappa shape index (κ3) is 4.18. The summed E-state index contributed by atoms with van der Waals surface area (Å²) >= 11 is 0. The van der Waals surface area contributed by atoms with E-state index in [9.17, 15) is 0 Å². The van der Waals surface area contributed by atoms with Gasteiger partial charge in [-0.05, 0) is 13.0 Å². The highest BCUT2D eigenvalue weighted by Crippen LogP contribution is 1.79. The van der Waals surface area contributed by atoms with Crippen molar-refractivity contribution in [3.63, 3.8) is 0 Å². The maximum absolute atomic E-state index is 3.21. The van der Waals surface area contributed by atoms with Crippen LogP contribution in [0.3, 0.4) is 0 Å². The van der Waals surface area contributed by atoms with Gasteiger partial charge in [0.1, 0.15) is 0 Å². The Labute approximate surface area is 42.6 Å². The van der Waals surface area contributed by atoms with Crippen LogP contribution in [-0.4, -0.2) is 16.9 Å². The van der Waals surface area contributed by atoms with E-state index in [1.807, 2.05) is 0 Å². The highest BCUT2D eigenvalue weighted by atomic mass is 28.2. The maximum Gasteiger partial charge on any atom is 0.0749 e. The molecule has 0 heterocycles. The third-order valence-corrected chi connectivity index (χ3v) is 1.28. The Bertz CT molecular complexity index is 19.5. The van der Waals surface area contributed by atoms with Crippen molar-refractivity contribution < 1.29 is 0 Å². The van der Waals surface area contributed by atoms with E-state index in [-0.39, 0.29) is 0 Å². The highest BCUT2D eigenvalue weighted by Gasteiger charge is 1.73. The van der Waals surface area contributed by atoms with Gasteiger partial charge < -0.3 is 4.98 Å². The summed E-state index contributed by atoms with van der Waals surface area (Å²) < 4.78 is 0. The smallest absolute Gasteiger partial charge is 0.0749 e. The van der Waals surface area contributed by atoms with E-state index in [4.69, 9.17) is 0 Å². The molecule has 0 fully saturated rings. The standard InChI is InChI=1S/C4H13NSi/c1-2-3-4-5-6/h5H,2-4H2,1,6H3. The molecule has 1 N–H and O–H groups in total. The van der Waals surface area contributed by atoms with Crippen LogP contribution in [0.25, 0.3) is 0 Å². The average molecular weight is 103 g/mol. The molecule has 38 valence electrons. The Kier molecular flexibility index (Phi) is 5.33. The zero-order valence-electron chi connectivity index (χ0n) is 4.62. The van der Waals surface area contributed by atoms with Gasteiger partial charge in [-0.15, -0.1) is 0 Å². The molecule has 0 rings (SSSR count). The summed E-state index contributed by atoms with van der Waals surface area (Å²) in [5.74, 6) is 0. The molecular formula is C4H13NSi. The Hall–Kier alpha value is 0.177. The predicted octanol–water partition coefficient (Wildman–Crippen LogP) is -0.344. The van der Waals surface area contributed by atoms with Crippen molar-refractivity contribution >= 4 is 10.4 Å². The number of unbranched alkanes of at least 4 members (excludes halogenated alkanes) is 1. The van der Waals surface area contributed by atoms with Crippen molar-refractivity contribution in [2.75, 3.05) is 6.54 Å². The van der Waals surface area contributed by atoms with E-state index in [0.717, 1.165) is 10.4 Å². The van der Waals surface area contributed by atoms with E-state index < -0.39 is 0 Å². The first kappa shape index (κ1) is 6.18. The van der Waals surface area contributed by atoms with Crippen LogP contribution in [-0.2, 0) is 0 Å². The monoisotopic (exact) mass is 103 g/mol. The van der Waals surface area contributed by atoms with Crippen LogP contribution in [0.4, 0.5) is 0 Å². The summed E-state index contributed by atoms with van der Waals surface area (Å²) in [7, 11) is 1.15. The van der Waals surface area contributed by atoms with Crippen LogP contribution in [0, 0.1) is 0 Å². The van der Waals surface area contributed by atoms with Crippen LogP contribution >= 0.6 is 0 Å². The number of rotatable bonds is 3. The van der Waals surface area contributed by atoms with Crippen LogP contribution in [0.2, 0.25) is 0 Å². The van der Waals surface area contributed by atoms with Crippen LogP contribution in [0.1, 0.15) is 19.8 Å². The fraction of sp³-hybridized carbons (Fsp3) is 1.00. The number of hydrogen-bond donors (Lipinski definition) is 1. The Morgan fingerprint density at radius 2 is 2.33 bits per heavy atom. The summed E-state index contributed by atoms with van der Waals surface area (Å²) in [5.41, 5.74) is 0. The first-order chi connectivity index (χ1) is 2.91. The molecule has 0 saturated heterocycles. The maximum atomic E-state index is 3.21. The van der Waals surface area contributed by atoms with Gasteiger partial charge in [0, 0.05) is 0 Å². The number of hydrogen-bond acceptors (Lipinski definition) is 1. The van der Waals surface area contributed by atoms with Crippen LogP contribution in [0.5, 0.6) is 0 Å². The van der Waals surface area contributed by atoms with Gasteiger partial charge in [0.05, 0.1) is 10.4 Å². The molecule has 0 spiro atoms. The number of nitrogens with one attached hydrogen (secondary N) is 1. The second kappa shape index (κ2) is 5.18. The van der Waals surface area contributed by atoms with Crippen LogP contribution < -0.4 is 4.98 Å². The minimum Gasteiger partial charge on any atom is -0.345 e. The summed E-state index contributed by atoms with van der Waals surface area (Å²) in [6.45, 7) is 3.43. The van der Waals surface area contributed by atoms with Gasteiger partial charge in [-0.2, -0.15) is 0 Å². The quantitative estimate of drug-likeness (QED) is 0.380. The van der Waals surface area contributed by atoms with Gasteiger partial charge in [0.25, 0.3) is 0 Å². The second-order valence-electron chi connectivity index (χ2n) is 1.46. The zero-order valence-corrected chi connectivity index (χ0v) is 6.62. The molecule has 0 aromatic rings. The first-order valence-electron chi connectivity index (χ1n) is 2.56. The third-order valence-electron chi connectivity index (χ3n) is 0.780. The van der Waals surface area contributed by atoms with Crippen molar-refractivity contribution in [2.45, 2.75) is 19.8 Å². The average Bonchev–Trinajstić information content (AvgIpc) is 1.61. The van der Waals surface area contributed by atoms with E-state index in [0.29, 0.717) is 0 Å². The molecule has 0 amide bonds. The Balaban J connectivity index is 2.34. The fourth-order valence-electron chi connectivity index (χ4n) is 0.354. The minimum atomic E-state index is 1.15. The molecule has 0 atom stereocenters. The molecule has 0 saturated carbocycles. The summed E-state index contributed by atoms with van der Waals surface area (Å²) in [6.07, 6.45) is 2.65. The van der Waals surface area contributed by atoms with Crippen molar-refractivity contribution in [3.05, 3.63) is 0 Å². The highest BCUT2D eigenvalue weighted by molar-refractivity contribution is 6.04. The molecule has 2 heteroatoms. The molecular weight excluding hydrogens is 90.1 g/mol. The second-order valence-corrected chi connectivity index (χ2v) is 2.16. The normalized spacial score (nSPS) is 9.50. The van der Waals surface area contributed by atoms with E-state index in [1.54, 1.807) is 0 Å². The summed E-state index contributed by atoms with van der Waals surface area (Å²) in [5, 5.41) is 0. The molecule has 0 unspecified atom stereocenters. The Morgan fingerprint density at radius 1 is 1.67 bits per heavy atom. The molecule has 0 bridgehead atoms. The minimum absolute atomic E-state index is 1.15. The van der Waals surface area contributed by atoms with Crippen molar-refractivity contribution in [1.82, 2.24) is 4.98 Å². The molecule has 0 aromatic carbocycles. The Morgan fingerprint density at radius 3 is 2.50 bits per heavy atom. The zero-order chi connectivity index (χ0) is 4.83. The molecule has 0 aliphatic heterocycles. The predicted molar refractivity (Wildman–Crippen MR) is 32.8 cm³/mol. The molecule has 0 aliphatic rings. The van der Waals surface area contributed by atoms with Gasteiger partial charge in [-0.25, -0.2) is 0 Å². The van der Waals surface area contributed by atoms with Gasteiger partial charge in [-0.1, -0.05) is 13.3 Å². The van der Waals surface area contributed by atoms with E-state index >= 15 is 0 Å². The van der Waals surface area contributed by atoms with Gasteiger partial charge in [0.15, 0.2) is 0 Å². The molecule has 1 nitrogen and oxygen atoms in total.